The van der Waals surface area contributed by atoms with Gasteiger partial charge in [-0.2, -0.15) is 0 Å². The molecule has 0 aliphatic rings. The van der Waals surface area contributed by atoms with Crippen molar-refractivity contribution >= 4 is 28.9 Å². The molecule has 0 saturated heterocycles. The highest BCUT2D eigenvalue weighted by atomic mass is 35.5. The molecule has 0 saturated carbocycles. The number of amides is 1. The number of aryl methyl sites for hydroxylation is 1. The lowest BCUT2D eigenvalue weighted by molar-refractivity contribution is -0.116. The van der Waals surface area contributed by atoms with Crippen LogP contribution in [0.3, 0.4) is 0 Å². The number of carbonyl (C=O) groups excluding carboxylic acids is 1. The van der Waals surface area contributed by atoms with E-state index < -0.39 is 11.9 Å². The molecule has 0 spiro atoms. The van der Waals surface area contributed by atoms with Crippen molar-refractivity contribution in [1.29, 1.82) is 0 Å². The van der Waals surface area contributed by atoms with Gasteiger partial charge in [-0.15, -0.1) is 0 Å². The van der Waals surface area contributed by atoms with Gasteiger partial charge in [0.1, 0.15) is 11.9 Å². The number of carbonyl (C=O) groups is 1. The maximum absolute atomic E-state index is 13.0. The number of nitrogens with one attached hydrogen (secondary N) is 2. The second-order valence-corrected chi connectivity index (χ2v) is 5.44. The van der Waals surface area contributed by atoms with E-state index in [0.29, 0.717) is 5.69 Å². The zero-order valence-corrected chi connectivity index (χ0v) is 13.2. The van der Waals surface area contributed by atoms with Crippen LogP contribution in [0, 0.1) is 5.82 Å². The van der Waals surface area contributed by atoms with E-state index in [2.05, 4.69) is 17.6 Å². The normalized spacial score (nSPS) is 11.8. The third-order valence-corrected chi connectivity index (χ3v) is 3.64. The van der Waals surface area contributed by atoms with E-state index in [1.54, 1.807) is 6.92 Å². The largest absolute Gasteiger partial charge is 0.374 e. The maximum Gasteiger partial charge on any atom is 0.246 e. The van der Waals surface area contributed by atoms with Crippen molar-refractivity contribution in [2.24, 2.45) is 0 Å². The van der Waals surface area contributed by atoms with Gasteiger partial charge in [0.25, 0.3) is 0 Å². The second kappa shape index (κ2) is 7.27. The summed E-state index contributed by atoms with van der Waals surface area (Å²) in [6, 6.07) is 11.3. The van der Waals surface area contributed by atoms with Gasteiger partial charge in [-0.25, -0.2) is 4.39 Å². The molecule has 0 aliphatic heterocycles. The predicted octanol–water partition coefficient (Wildman–Crippen LogP) is 4.48. The molecule has 3 nitrogen and oxygen atoms in total. The van der Waals surface area contributed by atoms with Crippen LogP contribution in [-0.2, 0) is 11.2 Å². The summed E-state index contributed by atoms with van der Waals surface area (Å²) in [5.74, 6) is -0.682. The molecule has 0 bridgehead atoms. The summed E-state index contributed by atoms with van der Waals surface area (Å²) in [6.07, 6.45) is 0.972. The number of halogens is 2. The van der Waals surface area contributed by atoms with E-state index in [0.717, 1.165) is 12.1 Å². The van der Waals surface area contributed by atoms with Gasteiger partial charge in [0.2, 0.25) is 5.91 Å². The number of hydrogen-bond acceptors (Lipinski definition) is 2. The Balaban J connectivity index is 1.99. The van der Waals surface area contributed by atoms with Crippen LogP contribution >= 0.6 is 11.6 Å². The molecule has 0 unspecified atom stereocenters. The van der Waals surface area contributed by atoms with Crippen LogP contribution in [0.2, 0.25) is 5.02 Å². The molecule has 0 heterocycles. The van der Waals surface area contributed by atoms with Gasteiger partial charge in [-0.05, 0) is 49.2 Å². The Bertz CT molecular complexity index is 658. The average molecular weight is 321 g/mol. The highest BCUT2D eigenvalue weighted by molar-refractivity contribution is 6.33. The third-order valence-electron chi connectivity index (χ3n) is 3.33. The van der Waals surface area contributed by atoms with Crippen molar-refractivity contribution in [2.45, 2.75) is 26.3 Å². The van der Waals surface area contributed by atoms with Gasteiger partial charge in [0.15, 0.2) is 0 Å². The Morgan fingerprint density at radius 2 is 1.91 bits per heavy atom. The Morgan fingerprint density at radius 1 is 1.23 bits per heavy atom. The summed E-state index contributed by atoms with van der Waals surface area (Å²) < 4.78 is 13.0. The molecule has 116 valence electrons. The van der Waals surface area contributed by atoms with E-state index in [4.69, 9.17) is 11.6 Å². The molecule has 22 heavy (non-hydrogen) atoms. The maximum atomic E-state index is 13.0. The first-order valence-corrected chi connectivity index (χ1v) is 7.48. The van der Waals surface area contributed by atoms with Gasteiger partial charge in [0.05, 0.1) is 10.7 Å². The van der Waals surface area contributed by atoms with Gasteiger partial charge < -0.3 is 10.6 Å². The molecule has 0 fully saturated rings. The van der Waals surface area contributed by atoms with Crippen LogP contribution in [0.25, 0.3) is 0 Å². The van der Waals surface area contributed by atoms with Gasteiger partial charge >= 0.3 is 0 Å². The highest BCUT2D eigenvalue weighted by Gasteiger charge is 2.14. The van der Waals surface area contributed by atoms with Crippen LogP contribution in [-0.4, -0.2) is 11.9 Å². The lowest BCUT2D eigenvalue weighted by Gasteiger charge is -2.16. The van der Waals surface area contributed by atoms with Crippen molar-refractivity contribution in [1.82, 2.24) is 0 Å². The minimum atomic E-state index is -0.450. The van der Waals surface area contributed by atoms with Crippen LogP contribution in [0.4, 0.5) is 15.8 Å². The Labute approximate surface area is 134 Å². The summed E-state index contributed by atoms with van der Waals surface area (Å²) in [4.78, 5) is 12.2. The molecule has 2 aromatic rings. The third kappa shape index (κ3) is 4.21. The first-order chi connectivity index (χ1) is 10.5. The second-order valence-electron chi connectivity index (χ2n) is 5.03. The summed E-state index contributed by atoms with van der Waals surface area (Å²) >= 11 is 5.90. The van der Waals surface area contributed by atoms with Gasteiger partial charge in [0, 0.05) is 5.69 Å². The predicted molar refractivity (Wildman–Crippen MR) is 88.9 cm³/mol. The van der Waals surface area contributed by atoms with E-state index in [1.807, 2.05) is 24.3 Å². The lowest BCUT2D eigenvalue weighted by Crippen LogP contribution is -2.31. The highest BCUT2D eigenvalue weighted by Crippen LogP contribution is 2.22. The van der Waals surface area contributed by atoms with E-state index in [-0.39, 0.29) is 10.9 Å². The molecule has 1 atom stereocenters. The topological polar surface area (TPSA) is 41.1 Å². The standard InChI is InChI=1S/C17H18ClFN2O/c1-3-12-4-7-14(8-5-12)20-11(2)17(22)21-16-9-6-13(19)10-15(16)18/h4-11,20H,3H2,1-2H3,(H,21,22)/t11-/m1/s1. The zero-order chi connectivity index (χ0) is 16.1. The fraction of sp³-hybridized carbons (Fsp3) is 0.235. The SMILES string of the molecule is CCc1ccc(N[C@H](C)C(=O)Nc2ccc(F)cc2Cl)cc1. The van der Waals surface area contributed by atoms with Crippen molar-refractivity contribution in [3.05, 3.63) is 58.9 Å². The molecule has 1 amide bonds. The molecule has 2 rings (SSSR count). The molecular formula is C17H18ClFN2O. The quantitative estimate of drug-likeness (QED) is 0.852. The van der Waals surface area contributed by atoms with E-state index >= 15 is 0 Å². The van der Waals surface area contributed by atoms with Gasteiger partial charge in [-0.1, -0.05) is 30.7 Å². The number of anilines is 2. The smallest absolute Gasteiger partial charge is 0.246 e. The minimum absolute atomic E-state index is 0.174. The number of benzene rings is 2. The fourth-order valence-corrected chi connectivity index (χ4v) is 2.20. The molecule has 0 radical (unpaired) electrons. The molecule has 2 aromatic carbocycles. The van der Waals surface area contributed by atoms with Gasteiger partial charge in [-0.3, -0.25) is 4.79 Å². The average Bonchev–Trinajstić information content (AvgIpc) is 2.50. The Morgan fingerprint density at radius 3 is 2.50 bits per heavy atom. The first-order valence-electron chi connectivity index (χ1n) is 7.11. The van der Waals surface area contributed by atoms with E-state index in [1.165, 1.54) is 23.8 Å². The minimum Gasteiger partial charge on any atom is -0.374 e. The number of rotatable bonds is 5. The van der Waals surface area contributed by atoms with E-state index in [9.17, 15) is 9.18 Å². The Kier molecular flexibility index (Phi) is 5.39. The molecular weight excluding hydrogens is 303 g/mol. The monoisotopic (exact) mass is 320 g/mol. The summed E-state index contributed by atoms with van der Waals surface area (Å²) in [5.41, 5.74) is 2.49. The van der Waals surface area contributed by atoms with Crippen molar-refractivity contribution < 1.29 is 9.18 Å². The summed E-state index contributed by atoms with van der Waals surface area (Å²) in [5, 5.41) is 5.97. The number of hydrogen-bond donors (Lipinski definition) is 2. The first kappa shape index (κ1) is 16.3. The fourth-order valence-electron chi connectivity index (χ4n) is 1.98. The molecule has 5 heteroatoms. The molecule has 2 N–H and O–H groups in total. The van der Waals surface area contributed by atoms with Crippen molar-refractivity contribution in [3.63, 3.8) is 0 Å². The lowest BCUT2D eigenvalue weighted by atomic mass is 10.1. The summed E-state index contributed by atoms with van der Waals surface area (Å²) in [6.45, 7) is 3.84. The van der Waals surface area contributed by atoms with Crippen LogP contribution < -0.4 is 10.6 Å². The zero-order valence-electron chi connectivity index (χ0n) is 12.5. The van der Waals surface area contributed by atoms with Crippen LogP contribution in [0.1, 0.15) is 19.4 Å². The summed E-state index contributed by atoms with van der Waals surface area (Å²) in [7, 11) is 0. The van der Waals surface area contributed by atoms with Crippen LogP contribution in [0.5, 0.6) is 0 Å². The molecule has 0 aromatic heterocycles. The van der Waals surface area contributed by atoms with Crippen molar-refractivity contribution in [3.8, 4) is 0 Å². The van der Waals surface area contributed by atoms with Crippen LogP contribution in [0.15, 0.2) is 42.5 Å². The Hall–Kier alpha value is -2.07. The van der Waals surface area contributed by atoms with Crippen molar-refractivity contribution in [2.75, 3.05) is 10.6 Å². The molecule has 0 aliphatic carbocycles.